The highest BCUT2D eigenvalue weighted by atomic mass is 16.2. The van der Waals surface area contributed by atoms with Crippen LogP contribution >= 0.6 is 0 Å². The van der Waals surface area contributed by atoms with E-state index in [9.17, 15) is 9.59 Å². The Balaban J connectivity index is 1.56. The van der Waals surface area contributed by atoms with Gasteiger partial charge in [-0.05, 0) is 61.8 Å². The van der Waals surface area contributed by atoms with Gasteiger partial charge in [0.25, 0.3) is 5.91 Å². The van der Waals surface area contributed by atoms with Crippen LogP contribution in [0.4, 0.5) is 11.4 Å². The minimum Gasteiger partial charge on any atom is -0.371 e. The van der Waals surface area contributed by atoms with Gasteiger partial charge in [-0.25, -0.2) is 0 Å². The first kappa shape index (κ1) is 21.4. The summed E-state index contributed by atoms with van der Waals surface area (Å²) in [5.74, 6) is 0.430. The molecule has 2 aliphatic rings. The van der Waals surface area contributed by atoms with Crippen LogP contribution in [0.3, 0.4) is 0 Å². The van der Waals surface area contributed by atoms with Gasteiger partial charge in [0, 0.05) is 30.5 Å². The van der Waals surface area contributed by atoms with E-state index in [4.69, 9.17) is 0 Å². The lowest BCUT2D eigenvalue weighted by molar-refractivity contribution is -0.117. The summed E-state index contributed by atoms with van der Waals surface area (Å²) in [5, 5.41) is 6.18. The molecule has 1 heterocycles. The van der Waals surface area contributed by atoms with E-state index in [1.807, 2.05) is 55.5 Å². The summed E-state index contributed by atoms with van der Waals surface area (Å²) in [6.07, 6.45) is 5.09. The van der Waals surface area contributed by atoms with E-state index in [1.165, 1.54) is 0 Å². The molecule has 164 valence electrons. The zero-order valence-corrected chi connectivity index (χ0v) is 18.6. The monoisotopic (exact) mass is 419 g/mol. The molecule has 2 amide bonds. The largest absolute Gasteiger partial charge is 0.371 e. The Kier molecular flexibility index (Phi) is 6.59. The predicted octanol–water partition coefficient (Wildman–Crippen LogP) is 4.95. The fraction of sp³-hybridized carbons (Fsp3) is 0.462. The zero-order valence-electron chi connectivity index (χ0n) is 18.6. The van der Waals surface area contributed by atoms with E-state index in [2.05, 4.69) is 22.5 Å². The first-order valence-corrected chi connectivity index (χ1v) is 11.6. The summed E-state index contributed by atoms with van der Waals surface area (Å²) in [5.41, 5.74) is 3.31. The molecule has 0 spiro atoms. The molecule has 0 bridgehead atoms. The first-order chi connectivity index (χ1) is 15.0. The Labute approximate surface area is 185 Å². The number of rotatable bonds is 7. The Bertz CT molecular complexity index is 916. The minimum atomic E-state index is -0.215. The van der Waals surface area contributed by atoms with Crippen LogP contribution in [0.25, 0.3) is 0 Å². The van der Waals surface area contributed by atoms with E-state index in [0.717, 1.165) is 62.4 Å². The Morgan fingerprint density at radius 1 is 1.03 bits per heavy atom. The third kappa shape index (κ3) is 5.27. The number of amides is 2. The van der Waals surface area contributed by atoms with Crippen LogP contribution in [-0.4, -0.2) is 30.9 Å². The second-order valence-corrected chi connectivity index (χ2v) is 9.01. The number of piperidine rings is 1. The van der Waals surface area contributed by atoms with Crippen molar-refractivity contribution in [1.29, 1.82) is 0 Å². The van der Waals surface area contributed by atoms with Gasteiger partial charge in [0.05, 0.1) is 11.5 Å². The number of nitrogens with zero attached hydrogens (tertiary/aromatic N) is 1. The molecule has 5 nitrogen and oxygen atoms in total. The van der Waals surface area contributed by atoms with Crippen molar-refractivity contribution in [1.82, 2.24) is 5.32 Å². The number of hydrogen-bond acceptors (Lipinski definition) is 3. The van der Waals surface area contributed by atoms with Gasteiger partial charge in [-0.2, -0.15) is 0 Å². The van der Waals surface area contributed by atoms with Crippen molar-refractivity contribution < 1.29 is 9.59 Å². The zero-order chi connectivity index (χ0) is 21.8. The van der Waals surface area contributed by atoms with Crippen LogP contribution in [0.2, 0.25) is 0 Å². The third-order valence-electron chi connectivity index (χ3n) is 6.47. The number of nitrogens with one attached hydrogen (secondary N) is 2. The highest BCUT2D eigenvalue weighted by Crippen LogP contribution is 2.30. The quantitative estimate of drug-likeness (QED) is 0.668. The molecule has 2 fully saturated rings. The molecule has 1 saturated carbocycles. The van der Waals surface area contributed by atoms with E-state index in [0.29, 0.717) is 17.3 Å². The topological polar surface area (TPSA) is 61.4 Å². The summed E-state index contributed by atoms with van der Waals surface area (Å²) in [7, 11) is 0. The van der Waals surface area contributed by atoms with E-state index in [1.54, 1.807) is 0 Å². The van der Waals surface area contributed by atoms with E-state index < -0.39 is 0 Å². The second-order valence-electron chi connectivity index (χ2n) is 9.01. The highest BCUT2D eigenvalue weighted by molar-refractivity contribution is 6.03. The van der Waals surface area contributed by atoms with Gasteiger partial charge < -0.3 is 15.5 Å². The molecule has 4 rings (SSSR count). The van der Waals surface area contributed by atoms with Crippen molar-refractivity contribution >= 4 is 23.2 Å². The van der Waals surface area contributed by atoms with Crippen molar-refractivity contribution in [2.24, 2.45) is 5.92 Å². The van der Waals surface area contributed by atoms with Crippen LogP contribution in [0, 0.1) is 5.92 Å². The smallest absolute Gasteiger partial charge is 0.253 e. The van der Waals surface area contributed by atoms with Crippen LogP contribution in [-0.2, 0) is 4.79 Å². The van der Waals surface area contributed by atoms with Crippen LogP contribution in [0.15, 0.2) is 48.5 Å². The van der Waals surface area contributed by atoms with Crippen LogP contribution in [0.1, 0.15) is 67.8 Å². The molecule has 1 atom stereocenters. The SMILES string of the molecule is CCC(C(=O)Nc1ccc(N2CCC(C)CC2)c(C(=O)NC2CC2)c1)c1ccccc1. The van der Waals surface area contributed by atoms with Crippen LogP contribution < -0.4 is 15.5 Å². The Morgan fingerprint density at radius 2 is 1.74 bits per heavy atom. The van der Waals surface area contributed by atoms with Crippen molar-refractivity contribution in [3.05, 3.63) is 59.7 Å². The molecule has 2 aromatic rings. The van der Waals surface area contributed by atoms with Crippen molar-refractivity contribution in [2.45, 2.75) is 57.9 Å². The normalized spacial score (nSPS) is 17.8. The molecular formula is C26H33N3O2. The summed E-state index contributed by atoms with van der Waals surface area (Å²) in [4.78, 5) is 28.3. The minimum absolute atomic E-state index is 0.0395. The lowest BCUT2D eigenvalue weighted by Gasteiger charge is -2.33. The van der Waals surface area contributed by atoms with E-state index in [-0.39, 0.29) is 17.7 Å². The average molecular weight is 420 g/mol. The lowest BCUT2D eigenvalue weighted by Crippen LogP contribution is -2.35. The molecule has 1 saturated heterocycles. The molecule has 5 heteroatoms. The van der Waals surface area contributed by atoms with Crippen LogP contribution in [0.5, 0.6) is 0 Å². The molecule has 1 aliphatic carbocycles. The average Bonchev–Trinajstić information content (AvgIpc) is 3.60. The molecule has 0 radical (unpaired) electrons. The van der Waals surface area contributed by atoms with Gasteiger partial charge in [-0.15, -0.1) is 0 Å². The summed E-state index contributed by atoms with van der Waals surface area (Å²) in [6, 6.07) is 15.9. The van der Waals surface area contributed by atoms with Gasteiger partial charge in [0.1, 0.15) is 0 Å². The van der Waals surface area contributed by atoms with Gasteiger partial charge in [0.2, 0.25) is 5.91 Å². The van der Waals surface area contributed by atoms with Crippen molar-refractivity contribution in [3.8, 4) is 0 Å². The van der Waals surface area contributed by atoms with Crippen molar-refractivity contribution in [2.75, 3.05) is 23.3 Å². The standard InChI is InChI=1S/C26H33N3O2/c1-3-22(19-7-5-4-6-8-19)25(30)28-21-11-12-24(29-15-13-18(2)14-16-29)23(17-21)26(31)27-20-9-10-20/h4-8,11-12,17-18,20,22H,3,9-10,13-16H2,1-2H3,(H,27,31)(H,28,30). The molecular weight excluding hydrogens is 386 g/mol. The third-order valence-corrected chi connectivity index (χ3v) is 6.47. The maximum atomic E-state index is 13.0. The summed E-state index contributed by atoms with van der Waals surface area (Å²) in [6.45, 7) is 6.23. The first-order valence-electron chi connectivity index (χ1n) is 11.6. The Morgan fingerprint density at radius 3 is 2.39 bits per heavy atom. The summed E-state index contributed by atoms with van der Waals surface area (Å²) < 4.78 is 0. The number of carbonyl (C=O) groups excluding carboxylic acids is 2. The predicted molar refractivity (Wildman–Crippen MR) is 126 cm³/mol. The van der Waals surface area contributed by atoms with Crippen molar-refractivity contribution in [3.63, 3.8) is 0 Å². The van der Waals surface area contributed by atoms with Gasteiger partial charge in [0.15, 0.2) is 0 Å². The molecule has 2 N–H and O–H groups in total. The molecule has 2 aromatic carbocycles. The van der Waals surface area contributed by atoms with Gasteiger partial charge in [-0.1, -0.05) is 44.2 Å². The molecule has 31 heavy (non-hydrogen) atoms. The maximum absolute atomic E-state index is 13.0. The van der Waals surface area contributed by atoms with E-state index >= 15 is 0 Å². The van der Waals surface area contributed by atoms with Gasteiger partial charge in [-0.3, -0.25) is 9.59 Å². The Hall–Kier alpha value is -2.82. The fourth-order valence-electron chi connectivity index (χ4n) is 4.30. The number of anilines is 2. The second kappa shape index (κ2) is 9.54. The van der Waals surface area contributed by atoms with Gasteiger partial charge >= 0.3 is 0 Å². The lowest BCUT2D eigenvalue weighted by atomic mass is 9.95. The maximum Gasteiger partial charge on any atom is 0.253 e. The number of carbonyl (C=O) groups is 2. The molecule has 0 aromatic heterocycles. The number of hydrogen-bond donors (Lipinski definition) is 2. The molecule has 1 aliphatic heterocycles. The number of benzene rings is 2. The highest BCUT2D eigenvalue weighted by Gasteiger charge is 2.27. The fourth-order valence-corrected chi connectivity index (χ4v) is 4.30. The molecule has 1 unspecified atom stereocenters. The summed E-state index contributed by atoms with van der Waals surface area (Å²) >= 11 is 0.